The Bertz CT molecular complexity index is 729. The van der Waals surface area contributed by atoms with E-state index < -0.39 is 11.8 Å². The van der Waals surface area contributed by atoms with Gasteiger partial charge < -0.3 is 4.74 Å². The van der Waals surface area contributed by atoms with Gasteiger partial charge in [0.2, 0.25) is 0 Å². The molecule has 0 radical (unpaired) electrons. The molecule has 7 heteroatoms. The molecular weight excluding hydrogens is 361 g/mol. The average molecular weight is 379 g/mol. The first kappa shape index (κ1) is 18.1. The highest BCUT2D eigenvalue weighted by Gasteiger charge is 2.34. The number of carbonyl (C=O) groups excluding carboxylic acids is 2. The Labute approximate surface area is 155 Å². The molecule has 4 nitrogen and oxygen atoms in total. The van der Waals surface area contributed by atoms with Crippen LogP contribution in [0.15, 0.2) is 29.2 Å². The number of thiocarbonyl (C=S) groups is 1. The number of benzene rings is 1. The first-order valence-corrected chi connectivity index (χ1v) is 9.46. The van der Waals surface area contributed by atoms with Gasteiger partial charge in [-0.05, 0) is 37.8 Å². The van der Waals surface area contributed by atoms with Crippen molar-refractivity contribution in [2.75, 3.05) is 6.54 Å². The van der Waals surface area contributed by atoms with Crippen molar-refractivity contribution in [2.45, 2.75) is 38.2 Å². The Kier molecular flexibility index (Phi) is 5.86. The second-order valence-electron chi connectivity index (χ2n) is 6.04. The van der Waals surface area contributed by atoms with E-state index in [9.17, 15) is 14.0 Å². The van der Waals surface area contributed by atoms with Gasteiger partial charge in [-0.2, -0.15) is 0 Å². The Morgan fingerprint density at radius 3 is 2.76 bits per heavy atom. The summed E-state index contributed by atoms with van der Waals surface area (Å²) in [7, 11) is 0. The second kappa shape index (κ2) is 8.10. The van der Waals surface area contributed by atoms with Crippen LogP contribution in [0.2, 0.25) is 0 Å². The normalized spacial score (nSPS) is 20.4. The van der Waals surface area contributed by atoms with Gasteiger partial charge in [0.05, 0.1) is 4.91 Å². The molecule has 3 rings (SSSR count). The third-order valence-electron chi connectivity index (χ3n) is 4.20. The van der Waals surface area contributed by atoms with Gasteiger partial charge in [-0.3, -0.25) is 14.5 Å². The minimum Gasteiger partial charge on any atom is -0.461 e. The molecule has 0 N–H and O–H groups in total. The molecule has 1 saturated heterocycles. The van der Waals surface area contributed by atoms with Crippen molar-refractivity contribution in [1.29, 1.82) is 0 Å². The minimum atomic E-state index is -0.449. The molecule has 25 heavy (non-hydrogen) atoms. The smallest absolute Gasteiger partial charge is 0.326 e. The number of hydrogen-bond donors (Lipinski definition) is 0. The summed E-state index contributed by atoms with van der Waals surface area (Å²) in [6, 6.07) is 6.18. The number of rotatable bonds is 4. The first-order chi connectivity index (χ1) is 12.0. The summed E-state index contributed by atoms with van der Waals surface area (Å²) in [5.41, 5.74) is 0.313. The summed E-state index contributed by atoms with van der Waals surface area (Å²) in [4.78, 5) is 26.1. The van der Waals surface area contributed by atoms with Crippen LogP contribution in [-0.2, 0) is 14.3 Å². The maximum Gasteiger partial charge on any atom is 0.326 e. The quantitative estimate of drug-likeness (QED) is 0.451. The number of ether oxygens (including phenoxy) is 1. The van der Waals surface area contributed by atoms with Gasteiger partial charge in [0.1, 0.15) is 22.8 Å². The molecular formula is C18H18FNO3S2. The van der Waals surface area contributed by atoms with E-state index in [-0.39, 0.29) is 22.9 Å². The van der Waals surface area contributed by atoms with Crippen LogP contribution in [0, 0.1) is 5.82 Å². The van der Waals surface area contributed by atoms with Crippen molar-refractivity contribution in [3.63, 3.8) is 0 Å². The topological polar surface area (TPSA) is 46.6 Å². The van der Waals surface area contributed by atoms with E-state index in [0.717, 1.165) is 37.4 Å². The van der Waals surface area contributed by atoms with E-state index in [1.54, 1.807) is 18.2 Å². The highest BCUT2D eigenvalue weighted by atomic mass is 32.2. The fraction of sp³-hybridized carbons (Fsp3) is 0.389. The van der Waals surface area contributed by atoms with Crippen molar-refractivity contribution in [3.8, 4) is 0 Å². The zero-order valence-corrected chi connectivity index (χ0v) is 15.2. The summed E-state index contributed by atoms with van der Waals surface area (Å²) < 4.78 is 19.5. The molecule has 1 aliphatic heterocycles. The molecule has 1 aromatic carbocycles. The van der Waals surface area contributed by atoms with E-state index in [4.69, 9.17) is 17.0 Å². The first-order valence-electron chi connectivity index (χ1n) is 8.24. The van der Waals surface area contributed by atoms with Crippen LogP contribution < -0.4 is 0 Å². The molecule has 0 unspecified atom stereocenters. The van der Waals surface area contributed by atoms with Gasteiger partial charge in [0.15, 0.2) is 0 Å². The molecule has 1 heterocycles. The number of halogens is 1. The molecule has 1 saturated carbocycles. The maximum atomic E-state index is 13.7. The predicted molar refractivity (Wildman–Crippen MR) is 99.2 cm³/mol. The molecule has 0 bridgehead atoms. The van der Waals surface area contributed by atoms with Crippen LogP contribution in [0.3, 0.4) is 0 Å². The fourth-order valence-corrected chi connectivity index (χ4v) is 4.15. The zero-order valence-electron chi connectivity index (χ0n) is 13.6. The van der Waals surface area contributed by atoms with Gasteiger partial charge in [-0.1, -0.05) is 48.6 Å². The highest BCUT2D eigenvalue weighted by Crippen LogP contribution is 2.33. The van der Waals surface area contributed by atoms with Crippen molar-refractivity contribution < 1.29 is 18.7 Å². The number of thioether (sulfide) groups is 1. The molecule has 0 aromatic heterocycles. The Morgan fingerprint density at radius 1 is 1.32 bits per heavy atom. The molecule has 2 fully saturated rings. The monoisotopic (exact) mass is 379 g/mol. The van der Waals surface area contributed by atoms with Crippen molar-refractivity contribution in [3.05, 3.63) is 40.6 Å². The third-order valence-corrected chi connectivity index (χ3v) is 5.58. The van der Waals surface area contributed by atoms with Crippen LogP contribution in [-0.4, -0.2) is 33.7 Å². The molecule has 1 aromatic rings. The van der Waals surface area contributed by atoms with E-state index in [1.165, 1.54) is 23.5 Å². The molecule has 2 aliphatic rings. The summed E-state index contributed by atoms with van der Waals surface area (Å²) in [5, 5.41) is 0. The van der Waals surface area contributed by atoms with Crippen molar-refractivity contribution >= 4 is 46.3 Å². The Morgan fingerprint density at radius 2 is 2.04 bits per heavy atom. The molecule has 0 spiro atoms. The highest BCUT2D eigenvalue weighted by molar-refractivity contribution is 8.26. The number of carbonyl (C=O) groups is 2. The summed E-state index contributed by atoms with van der Waals surface area (Å²) in [6.45, 7) is -0.199. The van der Waals surface area contributed by atoms with Gasteiger partial charge in [-0.15, -0.1) is 0 Å². The Balaban J connectivity index is 1.65. The summed E-state index contributed by atoms with van der Waals surface area (Å²) >= 11 is 6.26. The van der Waals surface area contributed by atoms with Crippen LogP contribution in [0.5, 0.6) is 0 Å². The van der Waals surface area contributed by atoms with E-state index in [1.807, 2.05) is 0 Å². The number of amides is 1. The van der Waals surface area contributed by atoms with Gasteiger partial charge in [0, 0.05) is 5.56 Å². The van der Waals surface area contributed by atoms with E-state index in [2.05, 4.69) is 0 Å². The Hall–Kier alpha value is -1.73. The molecule has 132 valence electrons. The third kappa shape index (κ3) is 4.46. The van der Waals surface area contributed by atoms with Gasteiger partial charge in [0.25, 0.3) is 5.91 Å². The lowest BCUT2D eigenvalue weighted by molar-refractivity contribution is -0.152. The number of hydrogen-bond acceptors (Lipinski definition) is 5. The average Bonchev–Trinajstić information content (AvgIpc) is 2.85. The van der Waals surface area contributed by atoms with Gasteiger partial charge in [-0.25, -0.2) is 4.39 Å². The summed E-state index contributed by atoms with van der Waals surface area (Å²) in [5.74, 6) is -1.25. The largest absolute Gasteiger partial charge is 0.461 e. The molecule has 0 atom stereocenters. The lowest BCUT2D eigenvalue weighted by atomic mass is 9.98. The lowest BCUT2D eigenvalue weighted by Crippen LogP contribution is -2.36. The van der Waals surface area contributed by atoms with Crippen LogP contribution in [0.1, 0.15) is 37.7 Å². The fourth-order valence-electron chi connectivity index (χ4n) is 2.90. The maximum absolute atomic E-state index is 13.7. The van der Waals surface area contributed by atoms with Crippen LogP contribution in [0.25, 0.3) is 6.08 Å². The minimum absolute atomic E-state index is 0.0615. The lowest BCUT2D eigenvalue weighted by Gasteiger charge is -2.23. The van der Waals surface area contributed by atoms with Crippen LogP contribution >= 0.6 is 24.0 Å². The van der Waals surface area contributed by atoms with E-state index in [0.29, 0.717) is 10.5 Å². The number of esters is 1. The molecule has 1 amide bonds. The van der Waals surface area contributed by atoms with E-state index >= 15 is 0 Å². The van der Waals surface area contributed by atoms with Gasteiger partial charge >= 0.3 is 5.97 Å². The predicted octanol–water partition coefficient (Wildman–Crippen LogP) is 3.90. The summed E-state index contributed by atoms with van der Waals surface area (Å²) in [6.07, 6.45) is 6.43. The number of nitrogens with zero attached hydrogens (tertiary/aromatic N) is 1. The standard InChI is InChI=1S/C18H18FNO3S2/c19-14-9-5-4-6-12(14)10-15-17(22)20(18(24)25-15)11-16(21)23-13-7-2-1-3-8-13/h4-6,9-10,13H,1-3,7-8,11H2/b15-10+. The van der Waals surface area contributed by atoms with Crippen LogP contribution in [0.4, 0.5) is 4.39 Å². The second-order valence-corrected chi connectivity index (χ2v) is 7.72. The molecule has 1 aliphatic carbocycles. The SMILES string of the molecule is O=C(CN1C(=O)/C(=C\c2ccccc2F)SC1=S)OC1CCCCC1. The van der Waals surface area contributed by atoms with Crippen molar-refractivity contribution in [2.24, 2.45) is 0 Å². The van der Waals surface area contributed by atoms with Crippen molar-refractivity contribution in [1.82, 2.24) is 4.90 Å². The zero-order chi connectivity index (χ0) is 17.8.